The molecule has 0 fully saturated rings. The van der Waals surface area contributed by atoms with Crippen molar-refractivity contribution in [2.24, 2.45) is 0 Å². The van der Waals surface area contributed by atoms with Crippen molar-refractivity contribution < 1.29 is 0 Å². The van der Waals surface area contributed by atoms with E-state index in [0.29, 0.717) is 0 Å². The lowest BCUT2D eigenvalue weighted by Crippen LogP contribution is -2.12. The number of hydrogen-bond acceptors (Lipinski definition) is 4. The third-order valence-corrected chi connectivity index (χ3v) is 6.34. The van der Waals surface area contributed by atoms with E-state index in [1.165, 1.54) is 42.4 Å². The van der Waals surface area contributed by atoms with Gasteiger partial charge in [0.25, 0.3) is 0 Å². The molecular weight excluding hydrogens is 338 g/mol. The Labute approximate surface area is 159 Å². The van der Waals surface area contributed by atoms with Crippen LogP contribution in [0.25, 0.3) is 10.2 Å². The van der Waals surface area contributed by atoms with Crippen molar-refractivity contribution in [1.29, 1.82) is 0 Å². The highest BCUT2D eigenvalue weighted by molar-refractivity contribution is 7.18. The number of rotatable bonds is 6. The van der Waals surface area contributed by atoms with Crippen LogP contribution in [0, 0.1) is 6.92 Å². The Morgan fingerprint density at radius 3 is 3.00 bits per heavy atom. The molecule has 0 saturated carbocycles. The van der Waals surface area contributed by atoms with Crippen LogP contribution in [-0.4, -0.2) is 16.5 Å². The van der Waals surface area contributed by atoms with Gasteiger partial charge in [-0.15, -0.1) is 11.3 Å². The standard InChI is InChI=1S/C22H27N3S/c1-3-20-24-21(19-14-15(2)26-22(19)25-20)23-13-7-11-17-10-6-9-16-8-4-5-12-18(16)17/h4-5,8,12,14,17H,3,6-7,9-11,13H2,1-2H3,(H,23,24,25). The van der Waals surface area contributed by atoms with Gasteiger partial charge in [-0.25, -0.2) is 9.97 Å². The van der Waals surface area contributed by atoms with Gasteiger partial charge in [0.05, 0.1) is 5.39 Å². The Balaban J connectivity index is 1.41. The van der Waals surface area contributed by atoms with Crippen molar-refractivity contribution in [3.8, 4) is 0 Å². The molecule has 0 spiro atoms. The zero-order chi connectivity index (χ0) is 17.9. The molecule has 1 aliphatic carbocycles. The number of thiophene rings is 1. The molecule has 1 unspecified atom stereocenters. The first-order valence-corrected chi connectivity index (χ1v) is 10.6. The Morgan fingerprint density at radius 1 is 1.23 bits per heavy atom. The fraction of sp³-hybridized carbons (Fsp3) is 0.455. The Kier molecular flexibility index (Phi) is 5.21. The molecule has 1 aliphatic rings. The molecule has 4 rings (SSSR count). The largest absolute Gasteiger partial charge is 0.369 e. The van der Waals surface area contributed by atoms with Gasteiger partial charge in [-0.1, -0.05) is 31.2 Å². The molecule has 2 heterocycles. The molecule has 0 aliphatic heterocycles. The normalized spacial score (nSPS) is 16.6. The van der Waals surface area contributed by atoms with Crippen LogP contribution in [0.3, 0.4) is 0 Å². The van der Waals surface area contributed by atoms with Gasteiger partial charge >= 0.3 is 0 Å². The number of aromatic nitrogens is 2. The zero-order valence-corrected chi connectivity index (χ0v) is 16.5. The fourth-order valence-electron chi connectivity index (χ4n) is 4.09. The van der Waals surface area contributed by atoms with Gasteiger partial charge in [0.2, 0.25) is 0 Å². The lowest BCUT2D eigenvalue weighted by atomic mass is 9.80. The summed E-state index contributed by atoms with van der Waals surface area (Å²) in [5.41, 5.74) is 3.15. The number of fused-ring (bicyclic) bond motifs is 2. The second-order valence-electron chi connectivity index (χ2n) is 7.27. The van der Waals surface area contributed by atoms with Crippen molar-refractivity contribution in [2.75, 3.05) is 11.9 Å². The van der Waals surface area contributed by atoms with Crippen molar-refractivity contribution >= 4 is 27.4 Å². The van der Waals surface area contributed by atoms with Crippen LogP contribution in [0.5, 0.6) is 0 Å². The van der Waals surface area contributed by atoms with Gasteiger partial charge in [0.15, 0.2) is 0 Å². The summed E-state index contributed by atoms with van der Waals surface area (Å²) in [7, 11) is 0. The fourth-order valence-corrected chi connectivity index (χ4v) is 4.99. The van der Waals surface area contributed by atoms with E-state index in [-0.39, 0.29) is 0 Å². The molecule has 4 heteroatoms. The van der Waals surface area contributed by atoms with Crippen molar-refractivity contribution in [2.45, 2.75) is 58.3 Å². The second-order valence-corrected chi connectivity index (χ2v) is 8.51. The van der Waals surface area contributed by atoms with Gasteiger partial charge in [-0.05, 0) is 62.1 Å². The smallest absolute Gasteiger partial charge is 0.138 e. The minimum Gasteiger partial charge on any atom is -0.369 e. The summed E-state index contributed by atoms with van der Waals surface area (Å²) < 4.78 is 0. The Hall–Kier alpha value is -1.94. The van der Waals surface area contributed by atoms with Crippen LogP contribution >= 0.6 is 11.3 Å². The van der Waals surface area contributed by atoms with E-state index in [9.17, 15) is 0 Å². The first kappa shape index (κ1) is 17.5. The highest BCUT2D eigenvalue weighted by Crippen LogP contribution is 2.34. The van der Waals surface area contributed by atoms with Gasteiger partial charge in [0.1, 0.15) is 16.5 Å². The first-order valence-electron chi connectivity index (χ1n) is 9.83. The highest BCUT2D eigenvalue weighted by Gasteiger charge is 2.19. The number of nitrogens with one attached hydrogen (secondary N) is 1. The predicted molar refractivity (Wildman–Crippen MR) is 111 cm³/mol. The average Bonchev–Trinajstić information content (AvgIpc) is 3.05. The molecule has 3 nitrogen and oxygen atoms in total. The molecule has 0 amide bonds. The SMILES string of the molecule is CCc1nc(NCCCC2CCCc3ccccc32)c2cc(C)sc2n1. The molecule has 0 bridgehead atoms. The number of benzene rings is 1. The van der Waals surface area contributed by atoms with E-state index >= 15 is 0 Å². The van der Waals surface area contributed by atoms with E-state index in [1.54, 1.807) is 22.5 Å². The number of nitrogens with zero attached hydrogens (tertiary/aromatic N) is 2. The summed E-state index contributed by atoms with van der Waals surface area (Å²) in [5, 5.41) is 4.77. The molecule has 1 aromatic carbocycles. The zero-order valence-electron chi connectivity index (χ0n) is 15.7. The monoisotopic (exact) mass is 365 g/mol. The van der Waals surface area contributed by atoms with Gasteiger partial charge in [0, 0.05) is 17.8 Å². The van der Waals surface area contributed by atoms with E-state index in [1.807, 2.05) is 0 Å². The summed E-state index contributed by atoms with van der Waals surface area (Å²) in [6.45, 7) is 5.23. The molecule has 0 saturated heterocycles. The lowest BCUT2D eigenvalue weighted by molar-refractivity contribution is 0.510. The summed E-state index contributed by atoms with van der Waals surface area (Å²) in [4.78, 5) is 11.8. The van der Waals surface area contributed by atoms with Crippen molar-refractivity contribution in [3.63, 3.8) is 0 Å². The summed E-state index contributed by atoms with van der Waals surface area (Å²) in [5.74, 6) is 2.67. The maximum absolute atomic E-state index is 4.74. The van der Waals surface area contributed by atoms with Crippen LogP contribution in [-0.2, 0) is 12.8 Å². The molecule has 26 heavy (non-hydrogen) atoms. The summed E-state index contributed by atoms with van der Waals surface area (Å²) in [6, 6.07) is 11.2. The number of hydrogen-bond donors (Lipinski definition) is 1. The highest BCUT2D eigenvalue weighted by atomic mass is 32.1. The minimum atomic E-state index is 0.724. The molecule has 2 aromatic heterocycles. The lowest BCUT2D eigenvalue weighted by Gasteiger charge is -2.25. The number of aryl methyl sites for hydroxylation is 3. The van der Waals surface area contributed by atoms with E-state index in [0.717, 1.165) is 35.4 Å². The molecule has 136 valence electrons. The first-order chi connectivity index (χ1) is 12.7. The maximum Gasteiger partial charge on any atom is 0.138 e. The van der Waals surface area contributed by atoms with Crippen LogP contribution in [0.1, 0.15) is 60.4 Å². The minimum absolute atomic E-state index is 0.724. The van der Waals surface area contributed by atoms with Crippen LogP contribution in [0.4, 0.5) is 5.82 Å². The third kappa shape index (κ3) is 3.61. The van der Waals surface area contributed by atoms with Crippen LogP contribution < -0.4 is 5.32 Å². The molecule has 1 atom stereocenters. The van der Waals surface area contributed by atoms with Crippen molar-refractivity contribution in [1.82, 2.24) is 9.97 Å². The van der Waals surface area contributed by atoms with E-state index in [2.05, 4.69) is 54.5 Å². The Bertz CT molecular complexity index is 900. The maximum atomic E-state index is 4.74. The predicted octanol–water partition coefficient (Wildman–Crippen LogP) is 5.87. The van der Waals surface area contributed by atoms with Gasteiger partial charge in [-0.3, -0.25) is 0 Å². The van der Waals surface area contributed by atoms with Crippen molar-refractivity contribution in [3.05, 3.63) is 52.2 Å². The molecule has 1 N–H and O–H groups in total. The topological polar surface area (TPSA) is 37.8 Å². The third-order valence-electron chi connectivity index (χ3n) is 5.39. The second kappa shape index (κ2) is 7.75. The number of anilines is 1. The van der Waals surface area contributed by atoms with Gasteiger partial charge in [-0.2, -0.15) is 0 Å². The molecular formula is C22H27N3S. The molecule has 0 radical (unpaired) electrons. The van der Waals surface area contributed by atoms with E-state index in [4.69, 9.17) is 4.98 Å². The summed E-state index contributed by atoms with van der Waals surface area (Å²) in [6.07, 6.45) is 7.21. The van der Waals surface area contributed by atoms with Gasteiger partial charge < -0.3 is 5.32 Å². The molecule has 3 aromatic rings. The quantitative estimate of drug-likeness (QED) is 0.555. The van der Waals surface area contributed by atoms with E-state index < -0.39 is 0 Å². The Morgan fingerprint density at radius 2 is 2.12 bits per heavy atom. The average molecular weight is 366 g/mol. The van der Waals surface area contributed by atoms with Crippen LogP contribution in [0.2, 0.25) is 0 Å². The summed E-state index contributed by atoms with van der Waals surface area (Å²) >= 11 is 1.76. The van der Waals surface area contributed by atoms with Crippen LogP contribution in [0.15, 0.2) is 30.3 Å².